The summed E-state index contributed by atoms with van der Waals surface area (Å²) >= 11 is 0. The third-order valence-corrected chi connectivity index (χ3v) is 3.91. The lowest BCUT2D eigenvalue weighted by molar-refractivity contribution is 0.233. The van der Waals surface area contributed by atoms with Crippen molar-refractivity contribution in [1.82, 2.24) is 10.3 Å². The fourth-order valence-corrected chi connectivity index (χ4v) is 2.50. The Bertz CT molecular complexity index is 326. The number of nitrogens with zero attached hydrogens (tertiary/aromatic N) is 1. The molecule has 3 rings (SSSR count). The van der Waals surface area contributed by atoms with E-state index >= 15 is 0 Å². The topological polar surface area (TPSA) is 24.9 Å². The summed E-state index contributed by atoms with van der Waals surface area (Å²) in [6.07, 6.45) is 10.7. The molecule has 80 valence electrons. The maximum absolute atomic E-state index is 4.10. The van der Waals surface area contributed by atoms with Gasteiger partial charge in [-0.15, -0.1) is 0 Å². The van der Waals surface area contributed by atoms with Gasteiger partial charge in [0.05, 0.1) is 0 Å². The van der Waals surface area contributed by atoms with E-state index in [-0.39, 0.29) is 0 Å². The molecule has 0 unspecified atom stereocenters. The average Bonchev–Trinajstić information content (AvgIpc) is 3.02. The molecule has 15 heavy (non-hydrogen) atoms. The summed E-state index contributed by atoms with van der Waals surface area (Å²) in [6, 6.07) is 5.20. The molecular weight excluding hydrogens is 184 g/mol. The second kappa shape index (κ2) is 3.60. The van der Waals surface area contributed by atoms with Gasteiger partial charge in [-0.05, 0) is 43.4 Å². The van der Waals surface area contributed by atoms with Crippen LogP contribution in [-0.2, 0) is 5.41 Å². The highest BCUT2D eigenvalue weighted by Gasteiger charge is 2.39. The van der Waals surface area contributed by atoms with Gasteiger partial charge < -0.3 is 5.32 Å². The molecule has 2 fully saturated rings. The van der Waals surface area contributed by atoms with E-state index in [4.69, 9.17) is 0 Å². The van der Waals surface area contributed by atoms with E-state index in [0.29, 0.717) is 5.41 Å². The van der Waals surface area contributed by atoms with Gasteiger partial charge in [0, 0.05) is 30.4 Å². The van der Waals surface area contributed by atoms with Crippen LogP contribution in [-0.4, -0.2) is 17.6 Å². The van der Waals surface area contributed by atoms with Gasteiger partial charge in [-0.1, -0.05) is 6.42 Å². The van der Waals surface area contributed by atoms with Crippen LogP contribution in [0.5, 0.6) is 0 Å². The van der Waals surface area contributed by atoms with E-state index in [9.17, 15) is 0 Å². The molecule has 2 aliphatic carbocycles. The SMILES string of the molecule is c1cc(C2(CNC3CC3)CCC2)ccn1. The van der Waals surface area contributed by atoms with Gasteiger partial charge in [-0.25, -0.2) is 0 Å². The van der Waals surface area contributed by atoms with Crippen LogP contribution in [0, 0.1) is 0 Å². The quantitative estimate of drug-likeness (QED) is 0.810. The Morgan fingerprint density at radius 2 is 2.00 bits per heavy atom. The maximum Gasteiger partial charge on any atom is 0.0270 e. The fourth-order valence-electron chi connectivity index (χ4n) is 2.50. The van der Waals surface area contributed by atoms with Crippen molar-refractivity contribution in [3.63, 3.8) is 0 Å². The molecule has 0 saturated heterocycles. The van der Waals surface area contributed by atoms with Crippen LogP contribution in [0.2, 0.25) is 0 Å². The molecule has 0 bridgehead atoms. The molecule has 2 saturated carbocycles. The second-order valence-corrected chi connectivity index (χ2v) is 5.02. The average molecular weight is 202 g/mol. The van der Waals surface area contributed by atoms with Gasteiger partial charge in [0.2, 0.25) is 0 Å². The minimum Gasteiger partial charge on any atom is -0.313 e. The summed E-state index contributed by atoms with van der Waals surface area (Å²) in [7, 11) is 0. The molecule has 1 aromatic rings. The monoisotopic (exact) mass is 202 g/mol. The Morgan fingerprint density at radius 1 is 1.27 bits per heavy atom. The van der Waals surface area contributed by atoms with E-state index < -0.39 is 0 Å². The summed E-state index contributed by atoms with van der Waals surface area (Å²) in [5.74, 6) is 0. The molecular formula is C13H18N2. The minimum absolute atomic E-state index is 0.436. The molecule has 0 radical (unpaired) electrons. The van der Waals surface area contributed by atoms with Crippen molar-refractivity contribution < 1.29 is 0 Å². The predicted octanol–water partition coefficient (Wildman–Crippen LogP) is 2.26. The van der Waals surface area contributed by atoms with Gasteiger partial charge in [0.1, 0.15) is 0 Å². The van der Waals surface area contributed by atoms with Crippen molar-refractivity contribution in [1.29, 1.82) is 0 Å². The number of nitrogens with one attached hydrogen (secondary N) is 1. The molecule has 2 heteroatoms. The molecule has 1 N–H and O–H groups in total. The zero-order valence-electron chi connectivity index (χ0n) is 9.08. The lowest BCUT2D eigenvalue weighted by Gasteiger charge is -2.42. The zero-order chi connectivity index (χ0) is 10.1. The first-order valence-electron chi connectivity index (χ1n) is 6.03. The molecule has 1 heterocycles. The van der Waals surface area contributed by atoms with Gasteiger partial charge in [0.15, 0.2) is 0 Å². The van der Waals surface area contributed by atoms with Crippen molar-refractivity contribution in [2.45, 2.75) is 43.6 Å². The molecule has 0 amide bonds. The van der Waals surface area contributed by atoms with E-state index in [1.807, 2.05) is 12.4 Å². The van der Waals surface area contributed by atoms with Crippen LogP contribution in [0.1, 0.15) is 37.7 Å². The highest BCUT2D eigenvalue weighted by molar-refractivity contribution is 5.26. The first-order valence-corrected chi connectivity index (χ1v) is 6.03. The summed E-state index contributed by atoms with van der Waals surface area (Å²) in [4.78, 5) is 4.10. The lowest BCUT2D eigenvalue weighted by atomic mass is 9.64. The number of aromatic nitrogens is 1. The molecule has 0 aliphatic heterocycles. The van der Waals surface area contributed by atoms with E-state index in [2.05, 4.69) is 22.4 Å². The van der Waals surface area contributed by atoms with Crippen molar-refractivity contribution >= 4 is 0 Å². The van der Waals surface area contributed by atoms with E-state index in [0.717, 1.165) is 6.04 Å². The molecule has 1 aromatic heterocycles. The Labute approximate surface area is 91.1 Å². The van der Waals surface area contributed by atoms with Crippen molar-refractivity contribution in [2.24, 2.45) is 0 Å². The minimum atomic E-state index is 0.436. The van der Waals surface area contributed by atoms with Gasteiger partial charge in [-0.2, -0.15) is 0 Å². The van der Waals surface area contributed by atoms with Crippen LogP contribution in [0.4, 0.5) is 0 Å². The number of hydrogen-bond acceptors (Lipinski definition) is 2. The Hall–Kier alpha value is -0.890. The standard InChI is InChI=1S/C13H18N2/c1-6-13(7-1,10-15-12-2-3-12)11-4-8-14-9-5-11/h4-5,8-9,12,15H,1-3,6-7,10H2. The predicted molar refractivity (Wildman–Crippen MR) is 60.8 cm³/mol. The molecule has 2 aliphatic rings. The first-order chi connectivity index (χ1) is 7.39. The van der Waals surface area contributed by atoms with Crippen molar-refractivity contribution in [3.8, 4) is 0 Å². The van der Waals surface area contributed by atoms with Crippen molar-refractivity contribution in [2.75, 3.05) is 6.54 Å². The summed E-state index contributed by atoms with van der Waals surface area (Å²) < 4.78 is 0. The normalized spacial score (nSPS) is 23.5. The Kier molecular flexibility index (Phi) is 2.24. The first kappa shape index (κ1) is 9.34. The smallest absolute Gasteiger partial charge is 0.0270 e. The second-order valence-electron chi connectivity index (χ2n) is 5.02. The Balaban J connectivity index is 1.73. The molecule has 0 atom stereocenters. The van der Waals surface area contributed by atoms with Crippen LogP contribution in [0.25, 0.3) is 0 Å². The Morgan fingerprint density at radius 3 is 2.53 bits per heavy atom. The molecule has 2 nitrogen and oxygen atoms in total. The zero-order valence-corrected chi connectivity index (χ0v) is 9.08. The molecule has 0 aromatic carbocycles. The largest absolute Gasteiger partial charge is 0.313 e. The third kappa shape index (κ3) is 1.78. The van der Waals surface area contributed by atoms with E-state index in [1.54, 1.807) is 0 Å². The maximum atomic E-state index is 4.10. The summed E-state index contributed by atoms with van der Waals surface area (Å²) in [5, 5.41) is 3.68. The van der Waals surface area contributed by atoms with Crippen LogP contribution in [0.15, 0.2) is 24.5 Å². The fraction of sp³-hybridized carbons (Fsp3) is 0.615. The van der Waals surface area contributed by atoms with Gasteiger partial charge in [0.25, 0.3) is 0 Å². The van der Waals surface area contributed by atoms with E-state index in [1.165, 1.54) is 44.2 Å². The summed E-state index contributed by atoms with van der Waals surface area (Å²) in [5.41, 5.74) is 1.92. The van der Waals surface area contributed by atoms with Gasteiger partial charge >= 0.3 is 0 Å². The summed E-state index contributed by atoms with van der Waals surface area (Å²) in [6.45, 7) is 1.17. The lowest BCUT2D eigenvalue weighted by Crippen LogP contribution is -2.44. The number of pyridine rings is 1. The van der Waals surface area contributed by atoms with Gasteiger partial charge in [-0.3, -0.25) is 4.98 Å². The molecule has 0 spiro atoms. The highest BCUT2D eigenvalue weighted by Crippen LogP contribution is 2.43. The van der Waals surface area contributed by atoms with Crippen LogP contribution >= 0.6 is 0 Å². The number of hydrogen-bond donors (Lipinski definition) is 1. The highest BCUT2D eigenvalue weighted by atomic mass is 15.0. The number of rotatable bonds is 4. The van der Waals surface area contributed by atoms with Crippen LogP contribution in [0.3, 0.4) is 0 Å². The van der Waals surface area contributed by atoms with Crippen molar-refractivity contribution in [3.05, 3.63) is 30.1 Å². The third-order valence-electron chi connectivity index (χ3n) is 3.91. The van der Waals surface area contributed by atoms with Crippen LogP contribution < -0.4 is 5.32 Å².